The fraction of sp³-hybridized carbons (Fsp3) is 0.0714. The number of halogens is 1. The van der Waals surface area contributed by atoms with Crippen molar-refractivity contribution in [3.05, 3.63) is 136 Å². The number of fused-ring (bicyclic) bond motifs is 3. The Morgan fingerprint density at radius 3 is 2.17 bits per heavy atom. The number of hydrogen-bond donors (Lipinski definition) is 0. The lowest BCUT2D eigenvalue weighted by Crippen LogP contribution is -2.29. The summed E-state index contributed by atoms with van der Waals surface area (Å²) in [6, 6.07) is 35.3. The van der Waals surface area contributed by atoms with Gasteiger partial charge >= 0.3 is 0 Å². The van der Waals surface area contributed by atoms with Crippen molar-refractivity contribution in [1.29, 1.82) is 0 Å². The summed E-state index contributed by atoms with van der Waals surface area (Å²) in [5, 5.41) is 0. The fourth-order valence-corrected chi connectivity index (χ4v) is 5.10. The van der Waals surface area contributed by atoms with Crippen LogP contribution in [0.2, 0.25) is 0 Å². The molecule has 1 aliphatic rings. The minimum atomic E-state index is -0.216. The third-order valence-corrected chi connectivity index (χ3v) is 6.56. The van der Waals surface area contributed by atoms with E-state index in [0.29, 0.717) is 0 Å². The van der Waals surface area contributed by atoms with Gasteiger partial charge in [-0.25, -0.2) is 0 Å². The quantitative estimate of drug-likeness (QED) is 0.308. The van der Waals surface area contributed by atoms with Crippen molar-refractivity contribution >= 4 is 22.0 Å². The molecule has 1 unspecified atom stereocenters. The molecular weight excluding hydrogens is 416 g/mol. The maximum Gasteiger partial charge on any atom is 0.0504 e. The standard InChI is InChI=1S/C28H21Br/c1-2-20-12-14-21(15-13-20)19-28(22-8-4-3-5-9-22)26-11-7-6-10-24(26)25-17-16-23(29)18-27(25)28/h2-18H,1,19H2. The topological polar surface area (TPSA) is 0 Å². The first-order chi connectivity index (χ1) is 14.2. The molecule has 1 atom stereocenters. The molecule has 29 heavy (non-hydrogen) atoms. The molecule has 0 nitrogen and oxygen atoms in total. The van der Waals surface area contributed by atoms with E-state index in [1.165, 1.54) is 33.4 Å². The highest BCUT2D eigenvalue weighted by Gasteiger charge is 2.44. The van der Waals surface area contributed by atoms with Gasteiger partial charge in [-0.3, -0.25) is 0 Å². The maximum atomic E-state index is 3.89. The van der Waals surface area contributed by atoms with Crippen LogP contribution >= 0.6 is 15.9 Å². The predicted octanol–water partition coefficient (Wildman–Crippen LogP) is 7.65. The fourth-order valence-electron chi connectivity index (χ4n) is 4.74. The molecule has 4 aromatic rings. The Kier molecular flexibility index (Phi) is 4.49. The number of benzene rings is 4. The molecule has 0 saturated heterocycles. The zero-order valence-electron chi connectivity index (χ0n) is 16.1. The largest absolute Gasteiger partial charge is 0.0985 e. The Hall–Kier alpha value is -2.90. The van der Waals surface area contributed by atoms with Crippen LogP contribution in [0.15, 0.2) is 108 Å². The van der Waals surface area contributed by atoms with Crippen LogP contribution in [0.5, 0.6) is 0 Å². The average Bonchev–Trinajstić information content (AvgIpc) is 3.05. The Morgan fingerprint density at radius 1 is 0.724 bits per heavy atom. The van der Waals surface area contributed by atoms with Gasteiger partial charge in [0.15, 0.2) is 0 Å². The predicted molar refractivity (Wildman–Crippen MR) is 126 cm³/mol. The average molecular weight is 437 g/mol. The molecule has 0 heterocycles. The minimum Gasteiger partial charge on any atom is -0.0985 e. The SMILES string of the molecule is C=Cc1ccc(CC2(c3ccccc3)c3ccccc3-c3ccc(Br)cc32)cc1. The normalized spacial score (nSPS) is 16.9. The molecule has 0 spiro atoms. The van der Waals surface area contributed by atoms with Crippen molar-refractivity contribution in [1.82, 2.24) is 0 Å². The molecule has 0 radical (unpaired) electrons. The van der Waals surface area contributed by atoms with Gasteiger partial charge in [0.1, 0.15) is 0 Å². The van der Waals surface area contributed by atoms with Crippen LogP contribution in [0.4, 0.5) is 0 Å². The molecular formula is C28H21Br. The van der Waals surface area contributed by atoms with E-state index in [1.54, 1.807) is 0 Å². The second-order valence-electron chi connectivity index (χ2n) is 7.63. The minimum absolute atomic E-state index is 0.216. The molecule has 1 heteroatoms. The number of hydrogen-bond acceptors (Lipinski definition) is 0. The highest BCUT2D eigenvalue weighted by atomic mass is 79.9. The first kappa shape index (κ1) is 18.1. The van der Waals surface area contributed by atoms with Gasteiger partial charge in [-0.1, -0.05) is 114 Å². The Bertz CT molecular complexity index is 1190. The van der Waals surface area contributed by atoms with Gasteiger partial charge in [-0.05, 0) is 57.5 Å². The molecule has 0 saturated carbocycles. The molecule has 5 rings (SSSR count). The summed E-state index contributed by atoms with van der Waals surface area (Å²) in [5.41, 5.74) is 9.00. The Morgan fingerprint density at radius 2 is 1.41 bits per heavy atom. The molecule has 0 aliphatic heterocycles. The van der Waals surface area contributed by atoms with E-state index >= 15 is 0 Å². The third kappa shape index (κ3) is 2.89. The van der Waals surface area contributed by atoms with Crippen LogP contribution < -0.4 is 0 Å². The van der Waals surface area contributed by atoms with Crippen molar-refractivity contribution in [2.24, 2.45) is 0 Å². The van der Waals surface area contributed by atoms with E-state index in [4.69, 9.17) is 0 Å². The summed E-state index contributed by atoms with van der Waals surface area (Å²) in [4.78, 5) is 0. The molecule has 1 aliphatic carbocycles. The monoisotopic (exact) mass is 436 g/mol. The summed E-state index contributed by atoms with van der Waals surface area (Å²) in [5.74, 6) is 0. The van der Waals surface area contributed by atoms with Crippen LogP contribution in [0.3, 0.4) is 0 Å². The summed E-state index contributed by atoms with van der Waals surface area (Å²) < 4.78 is 1.12. The van der Waals surface area contributed by atoms with Gasteiger partial charge in [0.2, 0.25) is 0 Å². The van der Waals surface area contributed by atoms with Crippen LogP contribution in [0.1, 0.15) is 27.8 Å². The van der Waals surface area contributed by atoms with Crippen molar-refractivity contribution in [3.8, 4) is 11.1 Å². The van der Waals surface area contributed by atoms with Crippen LogP contribution in [0, 0.1) is 0 Å². The highest BCUT2D eigenvalue weighted by molar-refractivity contribution is 9.10. The highest BCUT2D eigenvalue weighted by Crippen LogP contribution is 2.54. The van der Waals surface area contributed by atoms with Crippen LogP contribution in [0.25, 0.3) is 17.2 Å². The van der Waals surface area contributed by atoms with Crippen LogP contribution in [-0.2, 0) is 11.8 Å². The van der Waals surface area contributed by atoms with E-state index in [-0.39, 0.29) is 5.41 Å². The van der Waals surface area contributed by atoms with E-state index < -0.39 is 0 Å². The van der Waals surface area contributed by atoms with Crippen molar-refractivity contribution < 1.29 is 0 Å². The zero-order chi connectivity index (χ0) is 19.8. The first-order valence-corrected chi connectivity index (χ1v) is 10.7. The van der Waals surface area contributed by atoms with Crippen molar-refractivity contribution in [2.75, 3.05) is 0 Å². The Labute approximate surface area is 180 Å². The summed E-state index contributed by atoms with van der Waals surface area (Å²) in [6.07, 6.45) is 2.81. The van der Waals surface area contributed by atoms with Gasteiger partial charge in [0.25, 0.3) is 0 Å². The van der Waals surface area contributed by atoms with E-state index in [0.717, 1.165) is 16.5 Å². The zero-order valence-corrected chi connectivity index (χ0v) is 17.7. The summed E-state index contributed by atoms with van der Waals surface area (Å²) in [6.45, 7) is 3.89. The smallest absolute Gasteiger partial charge is 0.0504 e. The van der Waals surface area contributed by atoms with Gasteiger partial charge in [-0.2, -0.15) is 0 Å². The van der Waals surface area contributed by atoms with E-state index in [1.807, 2.05) is 6.08 Å². The summed E-state index contributed by atoms with van der Waals surface area (Å²) in [7, 11) is 0. The van der Waals surface area contributed by atoms with E-state index in [2.05, 4.69) is 120 Å². The van der Waals surface area contributed by atoms with Crippen molar-refractivity contribution in [2.45, 2.75) is 11.8 Å². The van der Waals surface area contributed by atoms with Crippen molar-refractivity contribution in [3.63, 3.8) is 0 Å². The van der Waals surface area contributed by atoms with E-state index in [9.17, 15) is 0 Å². The lowest BCUT2D eigenvalue weighted by molar-refractivity contribution is 0.629. The first-order valence-electron chi connectivity index (χ1n) is 9.89. The van der Waals surface area contributed by atoms with Gasteiger partial charge in [-0.15, -0.1) is 0 Å². The maximum absolute atomic E-state index is 3.89. The second kappa shape index (κ2) is 7.17. The molecule has 4 aromatic carbocycles. The second-order valence-corrected chi connectivity index (χ2v) is 8.55. The van der Waals surface area contributed by atoms with Crippen LogP contribution in [-0.4, -0.2) is 0 Å². The molecule has 0 N–H and O–H groups in total. The van der Waals surface area contributed by atoms with Gasteiger partial charge < -0.3 is 0 Å². The molecule has 0 fully saturated rings. The summed E-state index contributed by atoms with van der Waals surface area (Å²) >= 11 is 3.73. The lowest BCUT2D eigenvalue weighted by atomic mass is 9.68. The molecule has 0 amide bonds. The van der Waals surface area contributed by atoms with Gasteiger partial charge in [0.05, 0.1) is 5.41 Å². The molecule has 0 bridgehead atoms. The number of rotatable bonds is 4. The molecule has 0 aromatic heterocycles. The molecule has 140 valence electrons. The van der Waals surface area contributed by atoms with Gasteiger partial charge in [0, 0.05) is 4.47 Å². The third-order valence-electron chi connectivity index (χ3n) is 6.07. The lowest BCUT2D eigenvalue weighted by Gasteiger charge is -2.33. The Balaban J connectivity index is 1.81.